The van der Waals surface area contributed by atoms with Crippen LogP contribution in [0, 0.1) is 0 Å². The van der Waals surface area contributed by atoms with E-state index in [1.54, 1.807) is 13.3 Å². The smallest absolute Gasteiger partial charge is 0.129 e. The molecule has 1 aromatic rings. The third-order valence-electron chi connectivity index (χ3n) is 3.19. The number of pyridine rings is 1. The van der Waals surface area contributed by atoms with E-state index in [1.165, 1.54) is 6.42 Å². The van der Waals surface area contributed by atoms with Gasteiger partial charge >= 0.3 is 0 Å². The summed E-state index contributed by atoms with van der Waals surface area (Å²) in [6.45, 7) is 0.601. The van der Waals surface area contributed by atoms with Crippen molar-refractivity contribution < 1.29 is 9.47 Å². The predicted molar refractivity (Wildman–Crippen MR) is 67.1 cm³/mol. The molecule has 4 heteroatoms. The third-order valence-corrected chi connectivity index (χ3v) is 3.39. The van der Waals surface area contributed by atoms with Crippen molar-refractivity contribution in [1.29, 1.82) is 0 Å². The molecule has 0 aromatic carbocycles. The highest BCUT2D eigenvalue weighted by atomic mass is 35.5. The molecule has 1 aliphatic carbocycles. The van der Waals surface area contributed by atoms with Gasteiger partial charge < -0.3 is 9.47 Å². The second-order valence-corrected chi connectivity index (χ2v) is 4.83. The molecule has 0 amide bonds. The molecule has 2 unspecified atom stereocenters. The lowest BCUT2D eigenvalue weighted by Crippen LogP contribution is -2.27. The van der Waals surface area contributed by atoms with Crippen molar-refractivity contribution in [2.45, 2.75) is 44.5 Å². The maximum absolute atomic E-state index is 5.89. The lowest BCUT2D eigenvalue weighted by molar-refractivity contribution is -0.0363. The van der Waals surface area contributed by atoms with Gasteiger partial charge in [0.25, 0.3) is 0 Å². The summed E-state index contributed by atoms with van der Waals surface area (Å²) in [5, 5.41) is 0.518. The van der Waals surface area contributed by atoms with Crippen molar-refractivity contribution in [2.24, 2.45) is 0 Å². The van der Waals surface area contributed by atoms with E-state index in [1.807, 2.05) is 12.1 Å². The predicted octanol–water partition coefficient (Wildman–Crippen LogP) is 3.21. The third kappa shape index (κ3) is 3.95. The van der Waals surface area contributed by atoms with Gasteiger partial charge in [-0.25, -0.2) is 4.98 Å². The van der Waals surface area contributed by atoms with Gasteiger partial charge in [0.15, 0.2) is 0 Å². The first kappa shape index (κ1) is 12.8. The summed E-state index contributed by atoms with van der Waals surface area (Å²) in [6.07, 6.45) is 6.82. The minimum absolute atomic E-state index is 0.306. The Bertz CT molecular complexity index is 359. The van der Waals surface area contributed by atoms with Crippen molar-refractivity contribution in [3.05, 3.63) is 29.0 Å². The zero-order chi connectivity index (χ0) is 12.1. The standard InChI is InChI=1S/C13H18ClNO2/c1-16-11-3-2-4-12(8-11)17-9-10-5-6-15-13(14)7-10/h5-7,11-12H,2-4,8-9H2,1H3. The first-order valence-corrected chi connectivity index (χ1v) is 6.40. The highest BCUT2D eigenvalue weighted by Gasteiger charge is 2.22. The molecule has 2 rings (SSSR count). The summed E-state index contributed by atoms with van der Waals surface area (Å²) in [5.41, 5.74) is 1.07. The zero-order valence-corrected chi connectivity index (χ0v) is 10.8. The maximum Gasteiger partial charge on any atom is 0.129 e. The van der Waals surface area contributed by atoms with Crippen LogP contribution in [-0.4, -0.2) is 24.3 Å². The number of hydrogen-bond acceptors (Lipinski definition) is 3. The van der Waals surface area contributed by atoms with Crippen LogP contribution >= 0.6 is 11.6 Å². The first-order chi connectivity index (χ1) is 8.28. The number of halogens is 1. The van der Waals surface area contributed by atoms with Crippen LogP contribution in [0.1, 0.15) is 31.2 Å². The van der Waals surface area contributed by atoms with E-state index in [9.17, 15) is 0 Å². The van der Waals surface area contributed by atoms with E-state index in [0.29, 0.717) is 24.0 Å². The Labute approximate surface area is 107 Å². The summed E-state index contributed by atoms with van der Waals surface area (Å²) in [7, 11) is 1.77. The summed E-state index contributed by atoms with van der Waals surface area (Å²) < 4.78 is 11.3. The number of methoxy groups -OCH3 is 1. The highest BCUT2D eigenvalue weighted by Crippen LogP contribution is 2.24. The van der Waals surface area contributed by atoms with Crippen LogP contribution in [-0.2, 0) is 16.1 Å². The SMILES string of the molecule is COC1CCCC(OCc2ccnc(Cl)c2)C1. The fourth-order valence-corrected chi connectivity index (χ4v) is 2.41. The quantitative estimate of drug-likeness (QED) is 0.775. The van der Waals surface area contributed by atoms with Gasteiger partial charge in [0.05, 0.1) is 18.8 Å². The van der Waals surface area contributed by atoms with E-state index >= 15 is 0 Å². The molecule has 17 heavy (non-hydrogen) atoms. The van der Waals surface area contributed by atoms with Crippen molar-refractivity contribution in [3.63, 3.8) is 0 Å². The van der Waals surface area contributed by atoms with Crippen LogP contribution in [0.3, 0.4) is 0 Å². The number of aromatic nitrogens is 1. The Hall–Kier alpha value is -0.640. The van der Waals surface area contributed by atoms with Crippen molar-refractivity contribution in [3.8, 4) is 0 Å². The normalized spacial score (nSPS) is 24.8. The van der Waals surface area contributed by atoms with E-state index < -0.39 is 0 Å². The fraction of sp³-hybridized carbons (Fsp3) is 0.615. The zero-order valence-electron chi connectivity index (χ0n) is 10.1. The number of ether oxygens (including phenoxy) is 2. The lowest BCUT2D eigenvalue weighted by atomic mass is 9.95. The molecule has 3 nitrogen and oxygen atoms in total. The highest BCUT2D eigenvalue weighted by molar-refractivity contribution is 6.29. The molecule has 1 fully saturated rings. The van der Waals surface area contributed by atoms with Gasteiger partial charge in [-0.05, 0) is 43.4 Å². The van der Waals surface area contributed by atoms with Crippen LogP contribution in [0.25, 0.3) is 0 Å². The Kier molecular flexibility index (Phi) is 4.77. The maximum atomic E-state index is 5.89. The molecule has 0 N–H and O–H groups in total. The summed E-state index contributed by atoms with van der Waals surface area (Å²) >= 11 is 5.83. The molecule has 0 radical (unpaired) electrons. The van der Waals surface area contributed by atoms with Crippen LogP contribution in [0.15, 0.2) is 18.3 Å². The molecule has 1 aliphatic rings. The number of hydrogen-bond donors (Lipinski definition) is 0. The molecule has 0 aliphatic heterocycles. The van der Waals surface area contributed by atoms with Gasteiger partial charge in [0.1, 0.15) is 5.15 Å². The van der Waals surface area contributed by atoms with E-state index in [4.69, 9.17) is 21.1 Å². The molecule has 0 bridgehead atoms. The average molecular weight is 256 g/mol. The Balaban J connectivity index is 1.81. The molecule has 0 spiro atoms. The van der Waals surface area contributed by atoms with Gasteiger partial charge in [-0.1, -0.05) is 11.6 Å². The summed E-state index contributed by atoms with van der Waals surface area (Å²) in [5.74, 6) is 0. The molecule has 1 saturated carbocycles. The molecule has 1 heterocycles. The van der Waals surface area contributed by atoms with Gasteiger partial charge in [0.2, 0.25) is 0 Å². The van der Waals surface area contributed by atoms with Crippen molar-refractivity contribution in [1.82, 2.24) is 4.98 Å². The number of rotatable bonds is 4. The minimum atomic E-state index is 0.306. The summed E-state index contributed by atoms with van der Waals surface area (Å²) in [6, 6.07) is 3.78. The Morgan fingerprint density at radius 3 is 3.00 bits per heavy atom. The summed E-state index contributed by atoms with van der Waals surface area (Å²) in [4.78, 5) is 3.95. The average Bonchev–Trinajstić information content (AvgIpc) is 2.37. The monoisotopic (exact) mass is 255 g/mol. The van der Waals surface area contributed by atoms with Gasteiger partial charge in [0, 0.05) is 13.3 Å². The second-order valence-electron chi connectivity index (χ2n) is 4.44. The van der Waals surface area contributed by atoms with E-state index in [-0.39, 0.29) is 0 Å². The first-order valence-electron chi connectivity index (χ1n) is 6.03. The van der Waals surface area contributed by atoms with Crippen molar-refractivity contribution in [2.75, 3.05) is 7.11 Å². The van der Waals surface area contributed by atoms with Crippen molar-refractivity contribution >= 4 is 11.6 Å². The topological polar surface area (TPSA) is 31.4 Å². The molecule has 0 saturated heterocycles. The van der Waals surface area contributed by atoms with Crippen LogP contribution in [0.4, 0.5) is 0 Å². The Morgan fingerprint density at radius 1 is 1.41 bits per heavy atom. The molecule has 2 atom stereocenters. The van der Waals surface area contributed by atoms with Gasteiger partial charge in [-0.15, -0.1) is 0 Å². The largest absolute Gasteiger partial charge is 0.381 e. The fourth-order valence-electron chi connectivity index (χ4n) is 2.21. The molecular weight excluding hydrogens is 238 g/mol. The lowest BCUT2D eigenvalue weighted by Gasteiger charge is -2.28. The minimum Gasteiger partial charge on any atom is -0.381 e. The van der Waals surface area contributed by atoms with Crippen LogP contribution in [0.5, 0.6) is 0 Å². The van der Waals surface area contributed by atoms with E-state index in [2.05, 4.69) is 4.98 Å². The molecule has 94 valence electrons. The van der Waals surface area contributed by atoms with Crippen LogP contribution in [0.2, 0.25) is 5.15 Å². The second kappa shape index (κ2) is 6.34. The van der Waals surface area contributed by atoms with Gasteiger partial charge in [-0.3, -0.25) is 0 Å². The molecule has 1 aromatic heterocycles. The molecular formula is C13H18ClNO2. The van der Waals surface area contributed by atoms with Crippen LogP contribution < -0.4 is 0 Å². The number of nitrogens with zero attached hydrogens (tertiary/aromatic N) is 1. The van der Waals surface area contributed by atoms with Gasteiger partial charge in [-0.2, -0.15) is 0 Å². The van der Waals surface area contributed by atoms with E-state index in [0.717, 1.165) is 24.8 Å². The Morgan fingerprint density at radius 2 is 2.24 bits per heavy atom.